The number of ether oxygens (including phenoxy) is 2. The van der Waals surface area contributed by atoms with Gasteiger partial charge < -0.3 is 14.8 Å². The molecule has 9 heteroatoms. The lowest BCUT2D eigenvalue weighted by molar-refractivity contribution is -0.117. The van der Waals surface area contributed by atoms with E-state index in [0.717, 1.165) is 16.7 Å². The summed E-state index contributed by atoms with van der Waals surface area (Å²) < 4.78 is 35.5. The Labute approximate surface area is 237 Å². The summed E-state index contributed by atoms with van der Waals surface area (Å²) in [6, 6.07) is 21.7. The fraction of sp³-hybridized carbons (Fsp3) is 0.323. The maximum absolute atomic E-state index is 13.5. The zero-order valence-electron chi connectivity index (χ0n) is 23.9. The first-order chi connectivity index (χ1) is 19.1. The summed E-state index contributed by atoms with van der Waals surface area (Å²) in [7, 11) is -0.552. The molecular weight excluding hydrogens is 527 g/mol. The van der Waals surface area contributed by atoms with Gasteiger partial charge in [0.15, 0.2) is 0 Å². The first-order valence-electron chi connectivity index (χ1n) is 13.2. The number of benzene rings is 3. The minimum atomic E-state index is -3.78. The van der Waals surface area contributed by atoms with Gasteiger partial charge in [-0.25, -0.2) is 9.65 Å². The molecule has 0 radical (unpaired) electrons. The maximum atomic E-state index is 13.5. The average molecular weight is 567 g/mol. The van der Waals surface area contributed by atoms with Crippen molar-refractivity contribution >= 4 is 31.5 Å². The highest BCUT2D eigenvalue weighted by Gasteiger charge is 2.34. The van der Waals surface area contributed by atoms with Gasteiger partial charge in [-0.2, -0.15) is 0 Å². The largest absolute Gasteiger partial charge is 0.497 e. The summed E-state index contributed by atoms with van der Waals surface area (Å²) in [4.78, 5) is 13.4. The number of anilines is 1. The van der Waals surface area contributed by atoms with Crippen LogP contribution in [0.2, 0.25) is 0 Å². The standard InChI is InChI=1S/C31H39N2O6P/c1-22(2)38-40(35,39-23(3)4)33-30(20-25-10-8-7-9-11-25)31(34)32-27-16-14-24(15-17-27)12-13-26-18-28(36-5)21-29(19-26)37-6/h7-19,21-23,30H,20H2,1-6H3,(H,32,34)(H,33,35)/b13-12+/t30-/m0/s1. The summed E-state index contributed by atoms with van der Waals surface area (Å²) in [5.74, 6) is 1.06. The van der Waals surface area contributed by atoms with E-state index in [0.29, 0.717) is 23.6 Å². The molecule has 1 amide bonds. The first-order valence-corrected chi connectivity index (χ1v) is 14.7. The van der Waals surface area contributed by atoms with Gasteiger partial charge in [0, 0.05) is 11.8 Å². The number of methoxy groups -OCH3 is 2. The molecule has 8 nitrogen and oxygen atoms in total. The van der Waals surface area contributed by atoms with E-state index in [1.54, 1.807) is 41.9 Å². The van der Waals surface area contributed by atoms with Crippen molar-refractivity contribution in [3.05, 3.63) is 89.5 Å². The number of carbonyl (C=O) groups excluding carboxylic acids is 1. The lowest BCUT2D eigenvalue weighted by atomic mass is 10.1. The fourth-order valence-corrected chi connectivity index (χ4v) is 5.78. The van der Waals surface area contributed by atoms with E-state index in [2.05, 4.69) is 10.4 Å². The summed E-state index contributed by atoms with van der Waals surface area (Å²) in [6.45, 7) is 7.08. The van der Waals surface area contributed by atoms with Gasteiger partial charge in [-0.05, 0) is 75.1 Å². The van der Waals surface area contributed by atoms with Crippen LogP contribution in [0.25, 0.3) is 12.2 Å². The van der Waals surface area contributed by atoms with Crippen molar-refractivity contribution in [2.75, 3.05) is 19.5 Å². The molecule has 3 aromatic carbocycles. The van der Waals surface area contributed by atoms with Gasteiger partial charge in [-0.3, -0.25) is 13.8 Å². The molecule has 0 unspecified atom stereocenters. The van der Waals surface area contributed by atoms with Crippen LogP contribution in [0.15, 0.2) is 72.8 Å². The van der Waals surface area contributed by atoms with Crippen molar-refractivity contribution in [1.82, 2.24) is 5.09 Å². The monoisotopic (exact) mass is 566 g/mol. The molecule has 3 rings (SSSR count). The van der Waals surface area contributed by atoms with E-state index in [1.807, 2.05) is 84.9 Å². The van der Waals surface area contributed by atoms with Crippen LogP contribution in [-0.2, 0) is 24.8 Å². The molecule has 3 aromatic rings. The van der Waals surface area contributed by atoms with Crippen LogP contribution in [0.1, 0.15) is 44.4 Å². The summed E-state index contributed by atoms with van der Waals surface area (Å²) in [6.07, 6.45) is 3.49. The van der Waals surface area contributed by atoms with Crippen LogP contribution < -0.4 is 19.9 Å². The average Bonchev–Trinajstić information content (AvgIpc) is 2.91. The molecule has 2 N–H and O–H groups in total. The lowest BCUT2D eigenvalue weighted by Crippen LogP contribution is -2.41. The molecule has 0 fully saturated rings. The molecule has 1 atom stereocenters. The molecule has 40 heavy (non-hydrogen) atoms. The molecule has 0 aromatic heterocycles. The van der Waals surface area contributed by atoms with Crippen molar-refractivity contribution in [2.24, 2.45) is 0 Å². The Morgan fingerprint density at radius 1 is 0.800 bits per heavy atom. The third-order valence-corrected chi connectivity index (χ3v) is 7.66. The van der Waals surface area contributed by atoms with E-state index in [-0.39, 0.29) is 18.1 Å². The molecule has 0 spiro atoms. The highest BCUT2D eigenvalue weighted by atomic mass is 31.2. The predicted octanol–water partition coefficient (Wildman–Crippen LogP) is 6.97. The predicted molar refractivity (Wildman–Crippen MR) is 161 cm³/mol. The third kappa shape index (κ3) is 9.96. The van der Waals surface area contributed by atoms with Gasteiger partial charge >= 0.3 is 7.75 Å². The Morgan fingerprint density at radius 3 is 1.88 bits per heavy atom. The zero-order valence-corrected chi connectivity index (χ0v) is 24.8. The van der Waals surface area contributed by atoms with E-state index < -0.39 is 13.8 Å². The highest BCUT2D eigenvalue weighted by Crippen LogP contribution is 2.47. The highest BCUT2D eigenvalue weighted by molar-refractivity contribution is 7.51. The second-order valence-electron chi connectivity index (χ2n) is 9.77. The van der Waals surface area contributed by atoms with Crippen LogP contribution >= 0.6 is 7.75 Å². The molecule has 0 aliphatic carbocycles. The van der Waals surface area contributed by atoms with Gasteiger partial charge in [0.25, 0.3) is 0 Å². The van der Waals surface area contributed by atoms with Crippen molar-refractivity contribution in [2.45, 2.75) is 52.4 Å². The summed E-state index contributed by atoms with van der Waals surface area (Å²) in [5, 5.41) is 5.83. The number of carbonyl (C=O) groups is 1. The minimum absolute atomic E-state index is 0.296. The second kappa shape index (κ2) is 14.8. The van der Waals surface area contributed by atoms with Gasteiger partial charge in [0.1, 0.15) is 17.5 Å². The number of amides is 1. The Morgan fingerprint density at radius 2 is 1.35 bits per heavy atom. The SMILES string of the molecule is COc1cc(/C=C/c2ccc(NC(=O)[C@H](Cc3ccccc3)NP(=O)(OC(C)C)OC(C)C)cc2)cc(OC)c1. The van der Waals surface area contributed by atoms with E-state index >= 15 is 0 Å². The van der Waals surface area contributed by atoms with Crippen molar-refractivity contribution in [3.8, 4) is 11.5 Å². The van der Waals surface area contributed by atoms with Crippen LogP contribution in [0, 0.1) is 0 Å². The smallest absolute Gasteiger partial charge is 0.406 e. The molecule has 0 aliphatic rings. The number of nitrogens with one attached hydrogen (secondary N) is 2. The number of rotatable bonds is 14. The first kappa shape index (κ1) is 31.1. The normalized spacial score (nSPS) is 12.6. The summed E-state index contributed by atoms with van der Waals surface area (Å²) >= 11 is 0. The quantitative estimate of drug-likeness (QED) is 0.161. The topological polar surface area (TPSA) is 95.1 Å². The Kier molecular flexibility index (Phi) is 11.5. The maximum Gasteiger partial charge on any atom is 0.406 e. The Balaban J connectivity index is 1.76. The van der Waals surface area contributed by atoms with Crippen molar-refractivity contribution in [3.63, 3.8) is 0 Å². The zero-order chi connectivity index (χ0) is 29.1. The van der Waals surface area contributed by atoms with E-state index in [4.69, 9.17) is 18.5 Å². The second-order valence-corrected chi connectivity index (χ2v) is 11.4. The van der Waals surface area contributed by atoms with E-state index in [1.165, 1.54) is 0 Å². The molecule has 0 bridgehead atoms. The molecular formula is C31H39N2O6P. The van der Waals surface area contributed by atoms with Gasteiger partial charge in [0.05, 0.1) is 26.4 Å². The lowest BCUT2D eigenvalue weighted by Gasteiger charge is -2.27. The van der Waals surface area contributed by atoms with Gasteiger partial charge in [0.2, 0.25) is 5.91 Å². The van der Waals surface area contributed by atoms with Gasteiger partial charge in [-0.1, -0.05) is 54.6 Å². The van der Waals surface area contributed by atoms with Crippen molar-refractivity contribution < 1.29 is 27.9 Å². The molecule has 214 valence electrons. The van der Waals surface area contributed by atoms with Crippen LogP contribution in [0.5, 0.6) is 11.5 Å². The minimum Gasteiger partial charge on any atom is -0.497 e. The van der Waals surface area contributed by atoms with Crippen LogP contribution in [-0.4, -0.2) is 38.4 Å². The molecule has 0 saturated heterocycles. The third-order valence-electron chi connectivity index (χ3n) is 5.63. The Bertz CT molecular complexity index is 1270. The van der Waals surface area contributed by atoms with Crippen LogP contribution in [0.3, 0.4) is 0 Å². The molecule has 0 saturated carbocycles. The fourth-order valence-electron chi connectivity index (χ4n) is 3.90. The van der Waals surface area contributed by atoms with E-state index in [9.17, 15) is 9.36 Å². The van der Waals surface area contributed by atoms with Crippen molar-refractivity contribution in [1.29, 1.82) is 0 Å². The number of hydrogen-bond acceptors (Lipinski definition) is 6. The molecule has 0 aliphatic heterocycles. The number of hydrogen-bond donors (Lipinski definition) is 2. The molecule has 0 heterocycles. The Hall–Kier alpha value is -3.42. The van der Waals surface area contributed by atoms with Crippen LogP contribution in [0.4, 0.5) is 5.69 Å². The van der Waals surface area contributed by atoms with Gasteiger partial charge in [-0.15, -0.1) is 0 Å². The summed E-state index contributed by atoms with van der Waals surface area (Å²) in [5.41, 5.74) is 3.39.